The zero-order chi connectivity index (χ0) is 17.0. The maximum atomic E-state index is 12.1. The maximum Gasteiger partial charge on any atom is 0.508 e. The number of carbonyl (C=O) groups excluding carboxylic acids is 1. The molecule has 0 aromatic heterocycles. The molecular weight excluding hydrogens is 276 g/mol. The number of hydrogen-bond acceptors (Lipinski definition) is 3. The molecule has 3 heteroatoms. The van der Waals surface area contributed by atoms with Crippen LogP contribution in [-0.4, -0.2) is 18.4 Å². The van der Waals surface area contributed by atoms with Crippen LogP contribution in [0.25, 0.3) is 0 Å². The van der Waals surface area contributed by atoms with E-state index in [-0.39, 0.29) is 12.2 Å². The van der Waals surface area contributed by atoms with Crippen molar-refractivity contribution in [3.8, 4) is 0 Å². The molecule has 0 bridgehead atoms. The monoisotopic (exact) mass is 314 g/mol. The van der Waals surface area contributed by atoms with E-state index >= 15 is 0 Å². The van der Waals surface area contributed by atoms with Crippen molar-refractivity contribution in [3.05, 3.63) is 0 Å². The van der Waals surface area contributed by atoms with Crippen LogP contribution in [0.5, 0.6) is 0 Å². The average Bonchev–Trinajstić information content (AvgIpc) is 2.45. The first-order valence-corrected chi connectivity index (χ1v) is 9.29. The van der Waals surface area contributed by atoms with Gasteiger partial charge in [-0.05, 0) is 37.5 Å². The number of unbranched alkanes of at least 4 members (excludes halogenated alkanes) is 4. The van der Waals surface area contributed by atoms with Crippen molar-refractivity contribution in [1.29, 1.82) is 0 Å². The predicted molar refractivity (Wildman–Crippen MR) is 93.1 cm³/mol. The second kappa shape index (κ2) is 12.8. The molecule has 132 valence electrons. The van der Waals surface area contributed by atoms with Gasteiger partial charge in [-0.1, -0.05) is 67.2 Å². The molecule has 0 spiro atoms. The van der Waals surface area contributed by atoms with Crippen molar-refractivity contribution in [2.24, 2.45) is 11.8 Å². The Labute approximate surface area is 138 Å². The van der Waals surface area contributed by atoms with Crippen LogP contribution in [0.2, 0.25) is 0 Å². The first-order chi connectivity index (χ1) is 10.4. The summed E-state index contributed by atoms with van der Waals surface area (Å²) in [4.78, 5) is 12.1. The van der Waals surface area contributed by atoms with E-state index in [1.165, 1.54) is 25.7 Å². The lowest BCUT2D eigenvalue weighted by molar-refractivity contribution is -0.0298. The summed E-state index contributed by atoms with van der Waals surface area (Å²) in [6.07, 6.45) is 8.29. The van der Waals surface area contributed by atoms with Gasteiger partial charge in [-0.2, -0.15) is 0 Å². The summed E-state index contributed by atoms with van der Waals surface area (Å²) in [5, 5.41) is 0. The summed E-state index contributed by atoms with van der Waals surface area (Å²) in [5.41, 5.74) is 0. The fourth-order valence-electron chi connectivity index (χ4n) is 2.52. The van der Waals surface area contributed by atoms with E-state index in [2.05, 4.69) is 41.5 Å². The highest BCUT2D eigenvalue weighted by Gasteiger charge is 2.23. The molecule has 0 amide bonds. The Morgan fingerprint density at radius 1 is 0.727 bits per heavy atom. The first-order valence-electron chi connectivity index (χ1n) is 9.29. The zero-order valence-corrected chi connectivity index (χ0v) is 15.7. The van der Waals surface area contributed by atoms with Gasteiger partial charge in [0.25, 0.3) is 0 Å². The summed E-state index contributed by atoms with van der Waals surface area (Å²) in [6.45, 7) is 12.8. The second-order valence-corrected chi connectivity index (χ2v) is 7.04. The van der Waals surface area contributed by atoms with E-state index in [1.807, 2.05) is 0 Å². The molecule has 0 rings (SSSR count). The molecule has 2 unspecified atom stereocenters. The minimum atomic E-state index is -0.481. The van der Waals surface area contributed by atoms with Gasteiger partial charge in [0.2, 0.25) is 0 Å². The van der Waals surface area contributed by atoms with Gasteiger partial charge in [0.1, 0.15) is 12.2 Å². The van der Waals surface area contributed by atoms with Crippen molar-refractivity contribution >= 4 is 6.16 Å². The normalized spacial score (nSPS) is 14.2. The summed E-state index contributed by atoms with van der Waals surface area (Å²) >= 11 is 0. The largest absolute Gasteiger partial charge is 0.508 e. The molecule has 2 atom stereocenters. The van der Waals surface area contributed by atoms with Gasteiger partial charge in [-0.25, -0.2) is 4.79 Å². The van der Waals surface area contributed by atoms with Crippen LogP contribution >= 0.6 is 0 Å². The molecule has 0 aliphatic carbocycles. The topological polar surface area (TPSA) is 35.5 Å². The highest BCUT2D eigenvalue weighted by Crippen LogP contribution is 2.19. The molecule has 0 N–H and O–H groups in total. The summed E-state index contributed by atoms with van der Waals surface area (Å²) in [5.74, 6) is 0.670. The Kier molecular flexibility index (Phi) is 12.4. The number of hydrogen-bond donors (Lipinski definition) is 0. The Hall–Kier alpha value is -0.730. The van der Waals surface area contributed by atoms with Gasteiger partial charge < -0.3 is 9.47 Å². The predicted octanol–water partition coefficient (Wildman–Crippen LogP) is 6.35. The molecule has 0 aromatic rings. The van der Waals surface area contributed by atoms with E-state index in [1.54, 1.807) is 0 Å². The van der Waals surface area contributed by atoms with E-state index in [9.17, 15) is 4.79 Å². The number of rotatable bonds is 12. The van der Waals surface area contributed by atoms with Gasteiger partial charge in [0.05, 0.1) is 0 Å². The molecule has 3 nitrogen and oxygen atoms in total. The first kappa shape index (κ1) is 21.3. The van der Waals surface area contributed by atoms with Crippen LogP contribution in [0.1, 0.15) is 92.9 Å². The minimum absolute atomic E-state index is 0.0255. The standard InChI is InChI=1S/C19H38O3/c1-7-9-11-13-17(15(3)4)21-19(20)22-18(16(5)6)14-12-10-8-2/h15-18H,7-14H2,1-6H3. The highest BCUT2D eigenvalue weighted by atomic mass is 16.7. The van der Waals surface area contributed by atoms with Crippen LogP contribution in [0.15, 0.2) is 0 Å². The zero-order valence-electron chi connectivity index (χ0n) is 15.7. The number of carbonyl (C=O) groups is 1. The van der Waals surface area contributed by atoms with Crippen LogP contribution < -0.4 is 0 Å². The molecule has 0 aliphatic rings. The molecule has 0 aromatic carbocycles. The summed E-state index contributed by atoms with van der Waals surface area (Å²) in [7, 11) is 0. The van der Waals surface area contributed by atoms with Gasteiger partial charge >= 0.3 is 6.16 Å². The lowest BCUT2D eigenvalue weighted by atomic mass is 10.0. The SMILES string of the molecule is CCCCCC(OC(=O)OC(CCCCC)C(C)C)C(C)C. The molecule has 0 radical (unpaired) electrons. The van der Waals surface area contributed by atoms with Crippen molar-refractivity contribution < 1.29 is 14.3 Å². The van der Waals surface area contributed by atoms with E-state index in [0.717, 1.165) is 25.7 Å². The lowest BCUT2D eigenvalue weighted by Gasteiger charge is -2.25. The fraction of sp³-hybridized carbons (Fsp3) is 0.947. The van der Waals surface area contributed by atoms with Crippen molar-refractivity contribution in [3.63, 3.8) is 0 Å². The third kappa shape index (κ3) is 10.1. The Morgan fingerprint density at radius 2 is 1.09 bits per heavy atom. The van der Waals surface area contributed by atoms with Crippen LogP contribution in [0.3, 0.4) is 0 Å². The van der Waals surface area contributed by atoms with Crippen LogP contribution in [0, 0.1) is 11.8 Å². The molecule has 0 fully saturated rings. The Balaban J connectivity index is 4.32. The Bertz CT molecular complexity index is 248. The van der Waals surface area contributed by atoms with Crippen LogP contribution in [-0.2, 0) is 9.47 Å². The number of ether oxygens (including phenoxy) is 2. The average molecular weight is 315 g/mol. The van der Waals surface area contributed by atoms with Gasteiger partial charge in [-0.3, -0.25) is 0 Å². The van der Waals surface area contributed by atoms with Crippen molar-refractivity contribution in [2.45, 2.75) is 105 Å². The smallest absolute Gasteiger partial charge is 0.431 e. The quantitative estimate of drug-likeness (QED) is 0.311. The Morgan fingerprint density at radius 3 is 1.36 bits per heavy atom. The van der Waals surface area contributed by atoms with Crippen molar-refractivity contribution in [2.75, 3.05) is 0 Å². The van der Waals surface area contributed by atoms with E-state index in [0.29, 0.717) is 11.8 Å². The summed E-state index contributed by atoms with van der Waals surface area (Å²) in [6, 6.07) is 0. The summed E-state index contributed by atoms with van der Waals surface area (Å²) < 4.78 is 11.2. The maximum absolute atomic E-state index is 12.1. The lowest BCUT2D eigenvalue weighted by Crippen LogP contribution is -2.29. The molecule has 0 saturated heterocycles. The highest BCUT2D eigenvalue weighted by molar-refractivity contribution is 5.60. The molecule has 0 saturated carbocycles. The second-order valence-electron chi connectivity index (χ2n) is 7.04. The van der Waals surface area contributed by atoms with Gasteiger partial charge in [0, 0.05) is 0 Å². The molecule has 0 heterocycles. The van der Waals surface area contributed by atoms with Crippen LogP contribution in [0.4, 0.5) is 4.79 Å². The molecule has 0 aliphatic heterocycles. The van der Waals surface area contributed by atoms with E-state index in [4.69, 9.17) is 9.47 Å². The minimum Gasteiger partial charge on any atom is -0.431 e. The van der Waals surface area contributed by atoms with Gasteiger partial charge in [-0.15, -0.1) is 0 Å². The van der Waals surface area contributed by atoms with Gasteiger partial charge in [0.15, 0.2) is 0 Å². The third-order valence-corrected chi connectivity index (χ3v) is 4.17. The third-order valence-electron chi connectivity index (χ3n) is 4.17. The molecular formula is C19H38O3. The fourth-order valence-corrected chi connectivity index (χ4v) is 2.52. The van der Waals surface area contributed by atoms with Crippen molar-refractivity contribution in [1.82, 2.24) is 0 Å². The molecule has 22 heavy (non-hydrogen) atoms. The van der Waals surface area contributed by atoms with E-state index < -0.39 is 6.16 Å².